The molecule has 2 aliphatic rings. The van der Waals surface area contributed by atoms with Gasteiger partial charge in [-0.3, -0.25) is 4.79 Å². The Morgan fingerprint density at radius 3 is 2.45 bits per heavy atom. The Hall–Kier alpha value is -2.15. The number of halogens is 1. The number of likely N-dealkylation sites (N-methyl/N-ethyl adjacent to an activating group) is 1. The summed E-state index contributed by atoms with van der Waals surface area (Å²) in [4.78, 5) is 30.9. The first-order valence-electron chi connectivity index (χ1n) is 10.6. The van der Waals surface area contributed by atoms with E-state index in [0.717, 1.165) is 12.8 Å². The van der Waals surface area contributed by atoms with E-state index in [4.69, 9.17) is 0 Å². The van der Waals surface area contributed by atoms with E-state index in [1.165, 1.54) is 25.0 Å². The van der Waals surface area contributed by atoms with Crippen molar-refractivity contribution in [2.24, 2.45) is 5.92 Å². The van der Waals surface area contributed by atoms with Crippen LogP contribution in [0, 0.1) is 11.7 Å². The second-order valence-corrected chi connectivity index (χ2v) is 8.74. The minimum atomic E-state index is -0.506. The van der Waals surface area contributed by atoms with Crippen molar-refractivity contribution >= 4 is 11.9 Å². The maximum absolute atomic E-state index is 13.9. The normalized spacial score (nSPS) is 25.2. The molecule has 2 fully saturated rings. The van der Waals surface area contributed by atoms with Crippen molar-refractivity contribution < 1.29 is 14.0 Å². The lowest BCUT2D eigenvalue weighted by atomic mass is 9.75. The van der Waals surface area contributed by atoms with Crippen molar-refractivity contribution in [2.45, 2.75) is 38.1 Å². The van der Waals surface area contributed by atoms with Gasteiger partial charge in [0, 0.05) is 38.3 Å². The van der Waals surface area contributed by atoms with Crippen molar-refractivity contribution in [3.05, 3.63) is 35.6 Å². The first-order chi connectivity index (χ1) is 13.8. The summed E-state index contributed by atoms with van der Waals surface area (Å²) in [5, 5.41) is 3.13. The SMILES string of the molecule is CC1CCCC(CNC(=O)N2CCN(C(=O)c3ccccc3F)CC2)(N(C)C)C1. The third-order valence-electron chi connectivity index (χ3n) is 6.54. The molecule has 2 atom stereocenters. The predicted octanol–water partition coefficient (Wildman–Crippen LogP) is 2.80. The number of nitrogens with zero attached hydrogens (tertiary/aromatic N) is 3. The molecule has 1 aliphatic carbocycles. The molecule has 3 amide bonds. The number of carbonyl (C=O) groups excluding carboxylic acids is 2. The number of benzene rings is 1. The van der Waals surface area contributed by atoms with Crippen molar-refractivity contribution in [3.8, 4) is 0 Å². The molecule has 1 heterocycles. The number of nitrogens with one attached hydrogen (secondary N) is 1. The first-order valence-corrected chi connectivity index (χ1v) is 10.6. The monoisotopic (exact) mass is 404 g/mol. The van der Waals surface area contributed by atoms with Gasteiger partial charge >= 0.3 is 6.03 Å². The Morgan fingerprint density at radius 2 is 1.83 bits per heavy atom. The van der Waals surface area contributed by atoms with Gasteiger partial charge in [0.15, 0.2) is 0 Å². The van der Waals surface area contributed by atoms with Gasteiger partial charge in [-0.2, -0.15) is 0 Å². The van der Waals surface area contributed by atoms with Crippen LogP contribution in [0.25, 0.3) is 0 Å². The quantitative estimate of drug-likeness (QED) is 0.840. The second-order valence-electron chi connectivity index (χ2n) is 8.74. The van der Waals surface area contributed by atoms with Crippen LogP contribution >= 0.6 is 0 Å². The topological polar surface area (TPSA) is 55.9 Å². The van der Waals surface area contributed by atoms with Gasteiger partial charge in [0.1, 0.15) is 5.82 Å². The van der Waals surface area contributed by atoms with Crippen LogP contribution in [-0.4, -0.2) is 79.0 Å². The molecular weight excluding hydrogens is 371 g/mol. The van der Waals surface area contributed by atoms with Crippen LogP contribution in [0.2, 0.25) is 0 Å². The van der Waals surface area contributed by atoms with Crippen LogP contribution < -0.4 is 5.32 Å². The standard InChI is InChI=1S/C22H33FN4O2/c1-17-7-6-10-22(15-17,25(2)3)16-24-21(29)27-13-11-26(12-14-27)20(28)18-8-4-5-9-19(18)23/h4-5,8-9,17H,6-7,10-16H2,1-3H3,(H,24,29). The predicted molar refractivity (Wildman–Crippen MR) is 111 cm³/mol. The van der Waals surface area contributed by atoms with E-state index in [-0.39, 0.29) is 23.0 Å². The summed E-state index contributed by atoms with van der Waals surface area (Å²) in [6, 6.07) is 5.95. The molecule has 7 heteroatoms. The molecule has 3 rings (SSSR count). The van der Waals surface area contributed by atoms with Crippen molar-refractivity contribution in [1.29, 1.82) is 0 Å². The minimum absolute atomic E-state index is 0.00987. The molecule has 1 N–H and O–H groups in total. The number of amides is 3. The number of piperazine rings is 1. The van der Waals surface area contributed by atoms with Crippen LogP contribution in [0.5, 0.6) is 0 Å². The van der Waals surface area contributed by atoms with E-state index in [9.17, 15) is 14.0 Å². The zero-order valence-corrected chi connectivity index (χ0v) is 17.8. The second kappa shape index (κ2) is 9.11. The molecule has 1 aromatic carbocycles. The van der Waals surface area contributed by atoms with Crippen molar-refractivity contribution in [1.82, 2.24) is 20.0 Å². The fourth-order valence-corrected chi connectivity index (χ4v) is 4.63. The summed E-state index contributed by atoms with van der Waals surface area (Å²) in [5.41, 5.74) is 0.0976. The molecule has 1 saturated carbocycles. The van der Waals surface area contributed by atoms with Crippen LogP contribution in [0.3, 0.4) is 0 Å². The van der Waals surface area contributed by atoms with Gasteiger partial charge in [0.05, 0.1) is 5.56 Å². The molecule has 1 aliphatic heterocycles. The third-order valence-corrected chi connectivity index (χ3v) is 6.54. The highest BCUT2D eigenvalue weighted by atomic mass is 19.1. The van der Waals surface area contributed by atoms with Crippen LogP contribution in [0.1, 0.15) is 43.0 Å². The van der Waals surface area contributed by atoms with E-state index in [1.807, 2.05) is 0 Å². The summed E-state index contributed by atoms with van der Waals surface area (Å²) in [7, 11) is 4.19. The summed E-state index contributed by atoms with van der Waals surface area (Å²) >= 11 is 0. The van der Waals surface area contributed by atoms with Gasteiger partial charge in [-0.15, -0.1) is 0 Å². The Morgan fingerprint density at radius 1 is 1.17 bits per heavy atom. The van der Waals surface area contributed by atoms with Gasteiger partial charge in [-0.05, 0) is 45.0 Å². The van der Waals surface area contributed by atoms with Gasteiger partial charge in [0.25, 0.3) is 5.91 Å². The number of urea groups is 1. The summed E-state index contributed by atoms with van der Waals surface area (Å²) < 4.78 is 13.9. The molecule has 0 bridgehead atoms. The Bertz CT molecular complexity index is 733. The van der Waals surface area contributed by atoms with Gasteiger partial charge in [0.2, 0.25) is 0 Å². The highest BCUT2D eigenvalue weighted by molar-refractivity contribution is 5.94. The zero-order valence-electron chi connectivity index (χ0n) is 17.8. The molecule has 0 radical (unpaired) electrons. The molecule has 160 valence electrons. The van der Waals surface area contributed by atoms with E-state index in [0.29, 0.717) is 38.6 Å². The van der Waals surface area contributed by atoms with Gasteiger partial charge in [-0.25, -0.2) is 9.18 Å². The summed E-state index contributed by atoms with van der Waals surface area (Å²) in [6.07, 6.45) is 4.62. The Balaban J connectivity index is 1.52. The third kappa shape index (κ3) is 4.89. The van der Waals surface area contributed by atoms with E-state index in [1.54, 1.807) is 21.9 Å². The van der Waals surface area contributed by atoms with E-state index in [2.05, 4.69) is 31.2 Å². The van der Waals surface area contributed by atoms with Crippen molar-refractivity contribution in [2.75, 3.05) is 46.8 Å². The fraction of sp³-hybridized carbons (Fsp3) is 0.636. The molecule has 0 aromatic heterocycles. The average Bonchev–Trinajstić information content (AvgIpc) is 2.72. The summed E-state index contributed by atoms with van der Waals surface area (Å²) in [5.74, 6) is -0.157. The number of hydrogen-bond acceptors (Lipinski definition) is 3. The number of carbonyl (C=O) groups is 2. The molecule has 29 heavy (non-hydrogen) atoms. The largest absolute Gasteiger partial charge is 0.336 e. The summed E-state index contributed by atoms with van der Waals surface area (Å²) in [6.45, 7) is 4.66. The first kappa shape index (κ1) is 21.6. The molecular formula is C22H33FN4O2. The van der Waals surface area contributed by atoms with Crippen LogP contribution in [0.15, 0.2) is 24.3 Å². The zero-order chi connectivity index (χ0) is 21.0. The van der Waals surface area contributed by atoms with E-state index < -0.39 is 5.82 Å². The smallest absolute Gasteiger partial charge is 0.317 e. The Labute approximate surface area is 173 Å². The number of hydrogen-bond donors (Lipinski definition) is 1. The highest BCUT2D eigenvalue weighted by Gasteiger charge is 2.37. The van der Waals surface area contributed by atoms with Crippen LogP contribution in [-0.2, 0) is 0 Å². The molecule has 1 saturated heterocycles. The maximum Gasteiger partial charge on any atom is 0.317 e. The van der Waals surface area contributed by atoms with E-state index >= 15 is 0 Å². The fourth-order valence-electron chi connectivity index (χ4n) is 4.63. The lowest BCUT2D eigenvalue weighted by molar-refractivity contribution is 0.0633. The highest BCUT2D eigenvalue weighted by Crippen LogP contribution is 2.35. The van der Waals surface area contributed by atoms with Gasteiger partial charge < -0.3 is 20.0 Å². The minimum Gasteiger partial charge on any atom is -0.336 e. The maximum atomic E-state index is 13.9. The Kier molecular flexibility index (Phi) is 6.77. The number of rotatable bonds is 4. The average molecular weight is 405 g/mol. The lowest BCUT2D eigenvalue weighted by Crippen LogP contribution is -2.58. The molecule has 2 unspecified atom stereocenters. The molecule has 6 nitrogen and oxygen atoms in total. The van der Waals surface area contributed by atoms with Crippen molar-refractivity contribution in [3.63, 3.8) is 0 Å². The molecule has 0 spiro atoms. The lowest BCUT2D eigenvalue weighted by Gasteiger charge is -2.45. The van der Waals surface area contributed by atoms with Crippen LogP contribution in [0.4, 0.5) is 9.18 Å². The van der Waals surface area contributed by atoms with Gasteiger partial charge in [-0.1, -0.05) is 31.9 Å². The molecule has 1 aromatic rings.